The number of hydrogen-bond acceptors (Lipinski definition) is 2. The molecule has 0 N–H and O–H groups in total. The Morgan fingerprint density at radius 1 is 0.720 bits per heavy atom. The number of hydrogen-bond donors (Lipinski definition) is 0. The van der Waals surface area contributed by atoms with Crippen LogP contribution in [0.2, 0.25) is 0 Å². The highest BCUT2D eigenvalue weighted by Crippen LogP contribution is 2.49. The quantitative estimate of drug-likeness (QED) is 0.714. The van der Waals surface area contributed by atoms with Crippen molar-refractivity contribution in [2.24, 2.45) is 0 Å². The summed E-state index contributed by atoms with van der Waals surface area (Å²) in [6.45, 7) is 3.59. The summed E-state index contributed by atoms with van der Waals surface area (Å²) < 4.78 is 12.2. The monoisotopic (exact) mass is 334 g/mol. The SMILES string of the molecule is Cc1ccc2c(c1-c1c3c(cc4c1OCCO4)CCCC3)CCCC2. The lowest BCUT2D eigenvalue weighted by Gasteiger charge is -2.30. The van der Waals surface area contributed by atoms with Crippen LogP contribution in [0, 0.1) is 6.92 Å². The lowest BCUT2D eigenvalue weighted by Crippen LogP contribution is -2.19. The van der Waals surface area contributed by atoms with Gasteiger partial charge in [0, 0.05) is 5.56 Å². The minimum atomic E-state index is 0.660. The molecular weight excluding hydrogens is 308 g/mol. The summed E-state index contributed by atoms with van der Waals surface area (Å²) in [7, 11) is 0. The summed E-state index contributed by atoms with van der Waals surface area (Å²) in [6, 6.07) is 6.93. The van der Waals surface area contributed by atoms with E-state index in [0.29, 0.717) is 13.2 Å². The molecule has 0 amide bonds. The van der Waals surface area contributed by atoms with Crippen molar-refractivity contribution in [1.82, 2.24) is 0 Å². The van der Waals surface area contributed by atoms with E-state index >= 15 is 0 Å². The predicted octanol–water partition coefficient (Wildman–Crippen LogP) is 5.19. The minimum Gasteiger partial charge on any atom is -0.486 e. The second kappa shape index (κ2) is 6.09. The fraction of sp³-hybridized carbons (Fsp3) is 0.478. The third kappa shape index (κ3) is 2.46. The highest BCUT2D eigenvalue weighted by atomic mass is 16.6. The fourth-order valence-electron chi connectivity index (χ4n) is 4.96. The van der Waals surface area contributed by atoms with E-state index in [1.165, 1.54) is 79.2 Å². The molecule has 130 valence electrons. The second-order valence-corrected chi connectivity index (χ2v) is 7.72. The number of rotatable bonds is 1. The van der Waals surface area contributed by atoms with E-state index in [-0.39, 0.29) is 0 Å². The Kier molecular flexibility index (Phi) is 3.73. The molecule has 3 aliphatic rings. The number of fused-ring (bicyclic) bond motifs is 3. The molecule has 2 aliphatic carbocycles. The van der Waals surface area contributed by atoms with Gasteiger partial charge in [0.25, 0.3) is 0 Å². The smallest absolute Gasteiger partial charge is 0.169 e. The highest BCUT2D eigenvalue weighted by Gasteiger charge is 2.28. The largest absolute Gasteiger partial charge is 0.486 e. The maximum Gasteiger partial charge on any atom is 0.169 e. The van der Waals surface area contributed by atoms with Crippen molar-refractivity contribution in [2.75, 3.05) is 13.2 Å². The second-order valence-electron chi connectivity index (χ2n) is 7.72. The summed E-state index contributed by atoms with van der Waals surface area (Å²) in [5, 5.41) is 0. The molecule has 2 aromatic rings. The summed E-state index contributed by atoms with van der Waals surface area (Å²) in [5.74, 6) is 1.98. The molecule has 2 heteroatoms. The van der Waals surface area contributed by atoms with Crippen molar-refractivity contribution >= 4 is 0 Å². The zero-order valence-corrected chi connectivity index (χ0v) is 15.1. The zero-order valence-electron chi connectivity index (χ0n) is 15.1. The van der Waals surface area contributed by atoms with Crippen LogP contribution in [0.3, 0.4) is 0 Å². The first-order valence-corrected chi connectivity index (χ1v) is 9.89. The fourth-order valence-corrected chi connectivity index (χ4v) is 4.96. The van der Waals surface area contributed by atoms with Gasteiger partial charge in [-0.15, -0.1) is 0 Å². The molecule has 1 heterocycles. The average Bonchev–Trinajstić information content (AvgIpc) is 2.67. The molecule has 0 spiro atoms. The standard InChI is InChI=1S/C23H26O2/c1-15-10-11-16-6-2-4-8-18(16)21(15)22-19-9-5-3-7-17(19)14-20-23(22)25-13-12-24-20/h10-11,14H,2-9,12-13H2,1H3. The first-order chi connectivity index (χ1) is 12.3. The number of benzene rings is 2. The summed E-state index contributed by atoms with van der Waals surface area (Å²) in [4.78, 5) is 0. The van der Waals surface area contributed by atoms with Crippen molar-refractivity contribution in [3.8, 4) is 22.6 Å². The van der Waals surface area contributed by atoms with Crippen LogP contribution >= 0.6 is 0 Å². The van der Waals surface area contributed by atoms with Gasteiger partial charge in [0.2, 0.25) is 0 Å². The average molecular weight is 334 g/mol. The van der Waals surface area contributed by atoms with E-state index in [2.05, 4.69) is 25.1 Å². The topological polar surface area (TPSA) is 18.5 Å². The third-order valence-electron chi connectivity index (χ3n) is 6.15. The van der Waals surface area contributed by atoms with Gasteiger partial charge in [-0.1, -0.05) is 12.1 Å². The van der Waals surface area contributed by atoms with Gasteiger partial charge in [-0.05, 0) is 97.7 Å². The summed E-state index contributed by atoms with van der Waals surface area (Å²) in [6.07, 6.45) is 9.96. The minimum absolute atomic E-state index is 0.660. The van der Waals surface area contributed by atoms with E-state index in [4.69, 9.17) is 9.47 Å². The molecule has 0 saturated heterocycles. The Balaban J connectivity index is 1.83. The third-order valence-corrected chi connectivity index (χ3v) is 6.15. The maximum atomic E-state index is 6.20. The molecule has 0 fully saturated rings. The van der Waals surface area contributed by atoms with Crippen molar-refractivity contribution in [2.45, 2.75) is 58.3 Å². The van der Waals surface area contributed by atoms with Crippen molar-refractivity contribution < 1.29 is 9.47 Å². The molecule has 0 aromatic heterocycles. The van der Waals surface area contributed by atoms with Crippen LogP contribution in [0.15, 0.2) is 18.2 Å². The van der Waals surface area contributed by atoms with Crippen LogP contribution in [-0.4, -0.2) is 13.2 Å². The number of aryl methyl sites for hydroxylation is 3. The molecule has 0 bridgehead atoms. The van der Waals surface area contributed by atoms with Crippen molar-refractivity contribution in [3.63, 3.8) is 0 Å². The number of ether oxygens (including phenoxy) is 2. The van der Waals surface area contributed by atoms with E-state index in [1.807, 2.05) is 0 Å². The van der Waals surface area contributed by atoms with Crippen LogP contribution in [0.1, 0.15) is 53.5 Å². The molecule has 2 nitrogen and oxygen atoms in total. The lowest BCUT2D eigenvalue weighted by molar-refractivity contribution is 0.172. The van der Waals surface area contributed by atoms with Gasteiger partial charge in [0.1, 0.15) is 13.2 Å². The predicted molar refractivity (Wildman–Crippen MR) is 101 cm³/mol. The van der Waals surface area contributed by atoms with Crippen LogP contribution in [0.5, 0.6) is 11.5 Å². The molecule has 0 radical (unpaired) electrons. The normalized spacial score (nSPS) is 18.4. The zero-order chi connectivity index (χ0) is 16.8. The van der Waals surface area contributed by atoms with Gasteiger partial charge in [0.05, 0.1) is 0 Å². The van der Waals surface area contributed by atoms with Gasteiger partial charge < -0.3 is 9.47 Å². The Morgan fingerprint density at radius 3 is 2.24 bits per heavy atom. The Morgan fingerprint density at radius 2 is 1.40 bits per heavy atom. The van der Waals surface area contributed by atoms with Crippen molar-refractivity contribution in [1.29, 1.82) is 0 Å². The molecule has 0 unspecified atom stereocenters. The molecular formula is C23H26O2. The summed E-state index contributed by atoms with van der Waals surface area (Å²) >= 11 is 0. The van der Waals surface area contributed by atoms with E-state index in [1.54, 1.807) is 11.1 Å². The van der Waals surface area contributed by atoms with Gasteiger partial charge in [-0.3, -0.25) is 0 Å². The summed E-state index contributed by atoms with van der Waals surface area (Å²) in [5.41, 5.74) is 10.3. The molecule has 0 atom stereocenters. The maximum absolute atomic E-state index is 6.20. The van der Waals surface area contributed by atoms with Crippen LogP contribution in [0.25, 0.3) is 11.1 Å². The van der Waals surface area contributed by atoms with Gasteiger partial charge >= 0.3 is 0 Å². The van der Waals surface area contributed by atoms with Crippen LogP contribution < -0.4 is 9.47 Å². The van der Waals surface area contributed by atoms with Crippen LogP contribution in [0.4, 0.5) is 0 Å². The molecule has 2 aromatic carbocycles. The van der Waals surface area contributed by atoms with Gasteiger partial charge in [-0.2, -0.15) is 0 Å². The first kappa shape index (κ1) is 15.3. The molecule has 1 aliphatic heterocycles. The van der Waals surface area contributed by atoms with E-state index in [9.17, 15) is 0 Å². The van der Waals surface area contributed by atoms with Gasteiger partial charge in [-0.25, -0.2) is 0 Å². The first-order valence-electron chi connectivity index (χ1n) is 9.89. The molecule has 25 heavy (non-hydrogen) atoms. The molecule has 0 saturated carbocycles. The highest BCUT2D eigenvalue weighted by molar-refractivity contribution is 5.84. The van der Waals surface area contributed by atoms with Gasteiger partial charge in [0.15, 0.2) is 11.5 Å². The Labute approximate surface area is 150 Å². The van der Waals surface area contributed by atoms with E-state index < -0.39 is 0 Å². The molecule has 5 rings (SSSR count). The Bertz CT molecular complexity index is 800. The van der Waals surface area contributed by atoms with Crippen LogP contribution in [-0.2, 0) is 25.7 Å². The lowest BCUT2D eigenvalue weighted by atomic mass is 9.78. The van der Waals surface area contributed by atoms with E-state index in [0.717, 1.165) is 11.5 Å². The Hall–Kier alpha value is -1.96. The van der Waals surface area contributed by atoms with Crippen molar-refractivity contribution in [3.05, 3.63) is 46.0 Å².